The summed E-state index contributed by atoms with van der Waals surface area (Å²) in [6, 6.07) is 9.11. The Bertz CT molecular complexity index is 1160. The summed E-state index contributed by atoms with van der Waals surface area (Å²) in [5, 5.41) is 4.66. The molecule has 1 aliphatic rings. The average molecular weight is 536 g/mol. The van der Waals surface area contributed by atoms with Crippen molar-refractivity contribution < 1.29 is 31.9 Å². The van der Waals surface area contributed by atoms with Crippen LogP contribution in [0.15, 0.2) is 54.7 Å². The highest BCUT2D eigenvalue weighted by Gasteiger charge is 2.34. The van der Waals surface area contributed by atoms with Crippen molar-refractivity contribution in [2.45, 2.75) is 57.3 Å². The molecule has 0 aromatic heterocycles. The number of carbonyl (C=O) groups is 2. The van der Waals surface area contributed by atoms with E-state index in [1.165, 1.54) is 25.3 Å². The molecule has 0 aliphatic carbocycles. The first kappa shape index (κ1) is 29.2. The van der Waals surface area contributed by atoms with Crippen LogP contribution in [0.4, 0.5) is 23.2 Å². The van der Waals surface area contributed by atoms with E-state index in [0.717, 1.165) is 43.3 Å². The number of anilines is 1. The van der Waals surface area contributed by atoms with E-state index in [9.17, 15) is 22.8 Å². The molecule has 1 unspecified atom stereocenters. The first-order chi connectivity index (χ1) is 17.8. The van der Waals surface area contributed by atoms with Crippen molar-refractivity contribution in [3.63, 3.8) is 0 Å². The van der Waals surface area contributed by atoms with Crippen LogP contribution < -0.4 is 10.6 Å². The lowest BCUT2D eigenvalue weighted by molar-refractivity contribution is -0.155. The second-order valence-corrected chi connectivity index (χ2v) is 9.92. The van der Waals surface area contributed by atoms with Crippen molar-refractivity contribution in [3.05, 3.63) is 77.2 Å². The number of benzene rings is 2. The van der Waals surface area contributed by atoms with E-state index in [4.69, 9.17) is 4.74 Å². The molecule has 0 radical (unpaired) electrons. The highest BCUT2D eigenvalue weighted by Crippen LogP contribution is 2.36. The topological polar surface area (TPSA) is 70.7 Å². The molecule has 1 aliphatic heterocycles. The van der Waals surface area contributed by atoms with Gasteiger partial charge in [0.2, 0.25) is 5.91 Å². The van der Waals surface area contributed by atoms with Crippen LogP contribution in [0.5, 0.6) is 0 Å². The summed E-state index contributed by atoms with van der Waals surface area (Å²) in [5.41, 5.74) is 1.64. The van der Waals surface area contributed by atoms with Gasteiger partial charge in [-0.2, -0.15) is 13.2 Å². The number of nitrogens with zero attached hydrogens (tertiary/aromatic N) is 1. The largest absolute Gasteiger partial charge is 0.397 e. The normalized spacial score (nSPS) is 14.8. The fourth-order valence-electron chi connectivity index (χ4n) is 4.52. The third-order valence-corrected chi connectivity index (χ3v) is 6.67. The summed E-state index contributed by atoms with van der Waals surface area (Å²) >= 11 is 0. The van der Waals surface area contributed by atoms with Crippen LogP contribution in [0.1, 0.15) is 55.8 Å². The van der Waals surface area contributed by atoms with E-state index in [0.29, 0.717) is 12.2 Å². The molecule has 2 aromatic carbocycles. The van der Waals surface area contributed by atoms with Crippen molar-refractivity contribution in [2.24, 2.45) is 0 Å². The predicted molar refractivity (Wildman–Crippen MR) is 137 cm³/mol. The van der Waals surface area contributed by atoms with Gasteiger partial charge in [-0.1, -0.05) is 50.8 Å². The van der Waals surface area contributed by atoms with E-state index in [-0.39, 0.29) is 11.3 Å². The van der Waals surface area contributed by atoms with Gasteiger partial charge in [-0.05, 0) is 41.7 Å². The fraction of sp³-hybridized carbons (Fsp3) is 0.429. The first-order valence-corrected chi connectivity index (χ1v) is 12.3. The molecule has 2 aromatic rings. The van der Waals surface area contributed by atoms with Crippen LogP contribution in [0.2, 0.25) is 0 Å². The summed E-state index contributed by atoms with van der Waals surface area (Å²) in [4.78, 5) is 27.3. The van der Waals surface area contributed by atoms with Crippen molar-refractivity contribution in [3.8, 4) is 0 Å². The van der Waals surface area contributed by atoms with Gasteiger partial charge in [-0.25, -0.2) is 4.39 Å². The molecule has 2 N–H and O–H groups in total. The average Bonchev–Trinajstić information content (AvgIpc) is 3.36. The van der Waals surface area contributed by atoms with Gasteiger partial charge < -0.3 is 20.3 Å². The van der Waals surface area contributed by atoms with Crippen LogP contribution >= 0.6 is 0 Å². The molecule has 0 saturated carbocycles. The minimum atomic E-state index is -4.74. The maximum atomic E-state index is 15.3. The number of ether oxygens (including phenoxy) is 1. The molecule has 6 nitrogen and oxygen atoms in total. The summed E-state index contributed by atoms with van der Waals surface area (Å²) < 4.78 is 58.6. The number of likely N-dealkylation sites (tertiary alicyclic amines) is 1. The number of hydrogen-bond acceptors (Lipinski definition) is 4. The highest BCUT2D eigenvalue weighted by atomic mass is 19.4. The minimum Gasteiger partial charge on any atom is -0.380 e. The molecule has 2 amide bonds. The predicted octanol–water partition coefficient (Wildman–Crippen LogP) is 5.61. The molecule has 1 atom stereocenters. The maximum absolute atomic E-state index is 15.3. The Balaban J connectivity index is 1.82. The quantitative estimate of drug-likeness (QED) is 0.388. The van der Waals surface area contributed by atoms with Crippen LogP contribution in [-0.4, -0.2) is 43.1 Å². The Morgan fingerprint density at radius 1 is 1.08 bits per heavy atom. The summed E-state index contributed by atoms with van der Waals surface area (Å²) in [7, 11) is 1.51. The van der Waals surface area contributed by atoms with Crippen molar-refractivity contribution in [2.75, 3.05) is 25.5 Å². The van der Waals surface area contributed by atoms with Gasteiger partial charge in [0.15, 0.2) is 0 Å². The zero-order chi connectivity index (χ0) is 28.1. The highest BCUT2D eigenvalue weighted by molar-refractivity contribution is 5.98. The maximum Gasteiger partial charge on any atom is 0.397 e. The second kappa shape index (κ2) is 12.0. The number of amides is 2. The number of carbonyl (C=O) groups excluding carboxylic acids is 2. The van der Waals surface area contributed by atoms with Crippen LogP contribution in [0, 0.1) is 5.82 Å². The Labute approximate surface area is 220 Å². The van der Waals surface area contributed by atoms with Crippen LogP contribution in [0.3, 0.4) is 0 Å². The number of rotatable bonds is 10. The SMILES string of the molecule is C=C(N1CCCC1)C(C)(C)c1ccc(NC(=O)C(NC(=O)CC(F)(F)F)c2ccc(COC)cc2)cc1F. The molecule has 0 spiro atoms. The number of methoxy groups -OCH3 is 1. The minimum absolute atomic E-state index is 0.102. The second-order valence-electron chi connectivity index (χ2n) is 9.92. The molecular formula is C28H33F4N3O3. The molecular weight excluding hydrogens is 502 g/mol. The number of alkyl halides is 3. The zero-order valence-electron chi connectivity index (χ0n) is 21.8. The summed E-state index contributed by atoms with van der Waals surface area (Å²) in [5.74, 6) is -2.73. The van der Waals surface area contributed by atoms with E-state index >= 15 is 4.39 Å². The van der Waals surface area contributed by atoms with Crippen LogP contribution in [0.25, 0.3) is 0 Å². The van der Waals surface area contributed by atoms with Crippen molar-refractivity contribution in [1.29, 1.82) is 0 Å². The molecule has 38 heavy (non-hydrogen) atoms. The van der Waals surface area contributed by atoms with E-state index < -0.39 is 41.7 Å². The smallest absolute Gasteiger partial charge is 0.380 e. The van der Waals surface area contributed by atoms with E-state index in [2.05, 4.69) is 22.1 Å². The third-order valence-electron chi connectivity index (χ3n) is 6.67. The molecule has 206 valence electrons. The number of hydrogen-bond donors (Lipinski definition) is 2. The first-order valence-electron chi connectivity index (χ1n) is 12.3. The van der Waals surface area contributed by atoms with Gasteiger partial charge in [0.1, 0.15) is 18.3 Å². The Morgan fingerprint density at radius 2 is 1.71 bits per heavy atom. The Morgan fingerprint density at radius 3 is 2.26 bits per heavy atom. The molecule has 0 bridgehead atoms. The lowest BCUT2D eigenvalue weighted by Gasteiger charge is -2.35. The van der Waals surface area contributed by atoms with Crippen molar-refractivity contribution >= 4 is 17.5 Å². The third kappa shape index (κ3) is 7.34. The number of allylic oxidation sites excluding steroid dienone is 1. The molecule has 1 saturated heterocycles. The summed E-state index contributed by atoms with van der Waals surface area (Å²) in [6.07, 6.45) is -4.37. The van der Waals surface area contributed by atoms with Gasteiger partial charge in [0.05, 0.1) is 6.61 Å². The number of halogens is 4. The lowest BCUT2D eigenvalue weighted by atomic mass is 9.80. The van der Waals surface area contributed by atoms with Crippen molar-refractivity contribution in [1.82, 2.24) is 10.2 Å². The van der Waals surface area contributed by atoms with E-state index in [1.807, 2.05) is 13.8 Å². The molecule has 10 heteroatoms. The standard InChI is InChI=1S/C28H33F4N3O3/c1-18(35-13-5-6-14-35)27(2,3)22-12-11-21(15-23(22)29)33-26(37)25(34-24(36)16-28(30,31)32)20-9-7-19(8-10-20)17-38-4/h7-12,15,25H,1,5-6,13-14,16-17H2,2-4H3,(H,33,37)(H,34,36). The van der Waals surface area contributed by atoms with E-state index in [1.54, 1.807) is 18.2 Å². The monoisotopic (exact) mass is 535 g/mol. The van der Waals surface area contributed by atoms with Gasteiger partial charge in [0, 0.05) is 37.0 Å². The lowest BCUT2D eigenvalue weighted by Crippen LogP contribution is -2.38. The van der Waals surface area contributed by atoms with Gasteiger partial charge in [0.25, 0.3) is 5.91 Å². The molecule has 3 rings (SSSR count). The molecule has 1 fully saturated rings. The Kier molecular flexibility index (Phi) is 9.19. The Hall–Kier alpha value is -3.40. The van der Waals surface area contributed by atoms with Gasteiger partial charge in [-0.3, -0.25) is 9.59 Å². The van der Waals surface area contributed by atoms with Gasteiger partial charge >= 0.3 is 6.18 Å². The summed E-state index contributed by atoms with van der Waals surface area (Å²) in [6.45, 7) is 9.97. The van der Waals surface area contributed by atoms with Crippen LogP contribution in [-0.2, 0) is 26.3 Å². The van der Waals surface area contributed by atoms with Gasteiger partial charge in [-0.15, -0.1) is 0 Å². The fourth-order valence-corrected chi connectivity index (χ4v) is 4.52. The number of nitrogens with one attached hydrogen (secondary N) is 2. The zero-order valence-corrected chi connectivity index (χ0v) is 21.8. The molecule has 1 heterocycles.